The van der Waals surface area contributed by atoms with Crippen LogP contribution in [0.25, 0.3) is 0 Å². The lowest BCUT2D eigenvalue weighted by atomic mass is 10.1. The van der Waals surface area contributed by atoms with Crippen LogP contribution < -0.4 is 0 Å². The number of halogens is 1. The largest absolute Gasteiger partial charge is 0.289 e. The smallest absolute Gasteiger partial charge is 0.261 e. The second kappa shape index (κ2) is 3.20. The van der Waals surface area contributed by atoms with E-state index in [0.29, 0.717) is 11.1 Å². The molecule has 0 aliphatic rings. The van der Waals surface area contributed by atoms with Crippen LogP contribution in [0.3, 0.4) is 0 Å². The molecule has 0 saturated carbocycles. The second-order valence-corrected chi connectivity index (χ2v) is 5.39. The molecule has 0 amide bonds. The van der Waals surface area contributed by atoms with Crippen molar-refractivity contribution >= 4 is 19.7 Å². The van der Waals surface area contributed by atoms with E-state index >= 15 is 0 Å². The Bertz CT molecular complexity index is 414. The Labute approximate surface area is 81.4 Å². The van der Waals surface area contributed by atoms with Gasteiger partial charge in [0.05, 0.1) is 4.90 Å². The fourth-order valence-electron chi connectivity index (χ4n) is 1.05. The molecule has 71 valence electrons. The molecule has 5 heteroatoms. The molecule has 1 radical (unpaired) electrons. The third-order valence-corrected chi connectivity index (χ3v) is 3.05. The summed E-state index contributed by atoms with van der Waals surface area (Å²) >= 11 is 0. The normalized spacial score (nSPS) is 11.6. The predicted octanol–water partition coefficient (Wildman–Crippen LogP) is 2.37. The van der Waals surface area contributed by atoms with E-state index in [0.717, 1.165) is 0 Å². The van der Waals surface area contributed by atoms with Crippen LogP contribution in [0, 0.1) is 13.8 Å². The summed E-state index contributed by atoms with van der Waals surface area (Å²) in [5.74, 6) is -0.149. The molecule has 1 aromatic carbocycles. The molecule has 13 heavy (non-hydrogen) atoms. The van der Waals surface area contributed by atoms with Gasteiger partial charge in [0, 0.05) is 10.7 Å². The van der Waals surface area contributed by atoms with Crippen LogP contribution in [0.2, 0.25) is 0 Å². The molecule has 0 atom stereocenters. The van der Waals surface area contributed by atoms with Crippen molar-refractivity contribution in [1.82, 2.24) is 0 Å². The molecular formula is C8H8ClO3S. The summed E-state index contributed by atoms with van der Waals surface area (Å²) in [5.41, 5.74) is 0.776. The molecule has 0 fully saturated rings. The van der Waals surface area contributed by atoms with E-state index in [2.05, 4.69) is 0 Å². The number of aryl methyl sites for hydroxylation is 2. The molecule has 0 bridgehead atoms. The SMILES string of the molecule is Cc1cc(S(=O)(=O)Cl)cc(C)c1[O]. The number of hydrogen-bond donors (Lipinski definition) is 0. The van der Waals surface area contributed by atoms with Crippen molar-refractivity contribution in [1.29, 1.82) is 0 Å². The minimum Gasteiger partial charge on any atom is -0.289 e. The first kappa shape index (κ1) is 10.3. The Kier molecular flexibility index (Phi) is 2.54. The number of hydrogen-bond acceptors (Lipinski definition) is 2. The van der Waals surface area contributed by atoms with Gasteiger partial charge >= 0.3 is 0 Å². The number of benzene rings is 1. The zero-order chi connectivity index (χ0) is 10.2. The average Bonchev–Trinajstić information content (AvgIpc) is 1.97. The topological polar surface area (TPSA) is 54.0 Å². The van der Waals surface area contributed by atoms with Crippen molar-refractivity contribution in [3.63, 3.8) is 0 Å². The highest BCUT2D eigenvalue weighted by molar-refractivity contribution is 8.13. The maximum Gasteiger partial charge on any atom is 0.261 e. The maximum atomic E-state index is 11.2. The van der Waals surface area contributed by atoms with E-state index < -0.39 is 9.05 Å². The molecule has 1 aromatic rings. The van der Waals surface area contributed by atoms with Gasteiger partial charge < -0.3 is 0 Å². The maximum absolute atomic E-state index is 11.2. The standard InChI is InChI=1S/C8H8ClO3S/c1-5-3-7(13(9,11)12)4-6(2)8(5)10/h3-4H,1-2H3. The molecular weight excluding hydrogens is 212 g/mol. The van der Waals surface area contributed by atoms with Crippen LogP contribution in [-0.2, 0) is 14.2 Å². The van der Waals surface area contributed by atoms with Crippen LogP contribution in [0.4, 0.5) is 0 Å². The Morgan fingerprint density at radius 2 is 1.54 bits per heavy atom. The van der Waals surface area contributed by atoms with E-state index in [-0.39, 0.29) is 10.6 Å². The van der Waals surface area contributed by atoms with Gasteiger partial charge in [-0.2, -0.15) is 0 Å². The minimum atomic E-state index is -3.73. The summed E-state index contributed by atoms with van der Waals surface area (Å²) < 4.78 is 21.8. The van der Waals surface area contributed by atoms with Gasteiger partial charge in [-0.3, -0.25) is 5.11 Å². The lowest BCUT2D eigenvalue weighted by Crippen LogP contribution is -1.92. The second-order valence-electron chi connectivity index (χ2n) is 2.82. The van der Waals surface area contributed by atoms with E-state index in [1.54, 1.807) is 13.8 Å². The molecule has 0 aromatic heterocycles. The van der Waals surface area contributed by atoms with Crippen molar-refractivity contribution < 1.29 is 13.5 Å². The molecule has 0 unspecified atom stereocenters. The Morgan fingerprint density at radius 3 is 1.85 bits per heavy atom. The molecule has 0 N–H and O–H groups in total. The molecule has 3 nitrogen and oxygen atoms in total. The highest BCUT2D eigenvalue weighted by atomic mass is 35.7. The highest BCUT2D eigenvalue weighted by Crippen LogP contribution is 2.27. The van der Waals surface area contributed by atoms with Crippen LogP contribution >= 0.6 is 10.7 Å². The first-order chi connectivity index (χ1) is 5.82. The monoisotopic (exact) mass is 219 g/mol. The van der Waals surface area contributed by atoms with Crippen LogP contribution in [0.1, 0.15) is 11.1 Å². The van der Waals surface area contributed by atoms with Crippen molar-refractivity contribution in [3.8, 4) is 5.75 Å². The summed E-state index contributed by atoms with van der Waals surface area (Å²) in [5, 5.41) is 11.2. The van der Waals surface area contributed by atoms with Crippen molar-refractivity contribution in [2.75, 3.05) is 0 Å². The van der Waals surface area contributed by atoms with Gasteiger partial charge in [-0.15, -0.1) is 0 Å². The zero-order valence-corrected chi connectivity index (χ0v) is 8.74. The summed E-state index contributed by atoms with van der Waals surface area (Å²) in [6.45, 7) is 3.11. The Balaban J connectivity index is 3.47. The van der Waals surface area contributed by atoms with E-state index in [4.69, 9.17) is 10.7 Å². The average molecular weight is 220 g/mol. The molecule has 0 spiro atoms. The minimum absolute atomic E-state index is 0.0243. The van der Waals surface area contributed by atoms with Crippen LogP contribution in [0.5, 0.6) is 5.75 Å². The first-order valence-corrected chi connectivity index (χ1v) is 5.86. The van der Waals surface area contributed by atoms with Gasteiger partial charge in [0.1, 0.15) is 0 Å². The van der Waals surface area contributed by atoms with Crippen molar-refractivity contribution in [2.45, 2.75) is 18.7 Å². The fraction of sp³-hybridized carbons (Fsp3) is 0.250. The van der Waals surface area contributed by atoms with E-state index in [1.165, 1.54) is 12.1 Å². The van der Waals surface area contributed by atoms with Gasteiger partial charge in [-0.1, -0.05) is 0 Å². The van der Waals surface area contributed by atoms with Gasteiger partial charge in [0.25, 0.3) is 9.05 Å². The summed E-state index contributed by atoms with van der Waals surface area (Å²) in [6, 6.07) is 2.55. The lowest BCUT2D eigenvalue weighted by Gasteiger charge is -2.02. The van der Waals surface area contributed by atoms with Crippen LogP contribution in [-0.4, -0.2) is 8.42 Å². The predicted molar refractivity (Wildman–Crippen MR) is 49.1 cm³/mol. The van der Waals surface area contributed by atoms with Gasteiger partial charge in [0.2, 0.25) is 0 Å². The fourth-order valence-corrected chi connectivity index (χ4v) is 1.95. The van der Waals surface area contributed by atoms with Crippen molar-refractivity contribution in [3.05, 3.63) is 23.3 Å². The third-order valence-electron chi connectivity index (χ3n) is 1.72. The van der Waals surface area contributed by atoms with Gasteiger partial charge in [0.15, 0.2) is 5.75 Å². The summed E-state index contributed by atoms with van der Waals surface area (Å²) in [6.07, 6.45) is 0. The Hall–Kier alpha value is -0.740. The first-order valence-electron chi connectivity index (χ1n) is 3.55. The highest BCUT2D eigenvalue weighted by Gasteiger charge is 2.14. The number of rotatable bonds is 1. The van der Waals surface area contributed by atoms with Gasteiger partial charge in [-0.05, 0) is 37.1 Å². The summed E-state index contributed by atoms with van der Waals surface area (Å²) in [7, 11) is 1.39. The third kappa shape index (κ3) is 2.14. The van der Waals surface area contributed by atoms with Gasteiger partial charge in [-0.25, -0.2) is 8.42 Å². The molecule has 0 aliphatic heterocycles. The Morgan fingerprint density at radius 1 is 1.15 bits per heavy atom. The quantitative estimate of drug-likeness (QED) is 0.681. The van der Waals surface area contributed by atoms with Crippen LogP contribution in [0.15, 0.2) is 17.0 Å². The lowest BCUT2D eigenvalue weighted by molar-refractivity contribution is 0.348. The molecule has 0 saturated heterocycles. The van der Waals surface area contributed by atoms with E-state index in [1.807, 2.05) is 0 Å². The van der Waals surface area contributed by atoms with E-state index in [9.17, 15) is 13.5 Å². The zero-order valence-electron chi connectivity index (χ0n) is 7.17. The van der Waals surface area contributed by atoms with Crippen molar-refractivity contribution in [2.24, 2.45) is 0 Å². The molecule has 0 aliphatic carbocycles. The molecule has 1 rings (SSSR count). The molecule has 0 heterocycles. The summed E-state index contributed by atoms with van der Waals surface area (Å²) in [4.78, 5) is -0.0243.